The van der Waals surface area contributed by atoms with Gasteiger partial charge in [-0.2, -0.15) is 5.26 Å². The van der Waals surface area contributed by atoms with E-state index in [-0.39, 0.29) is 0 Å². The van der Waals surface area contributed by atoms with Crippen molar-refractivity contribution in [1.82, 2.24) is 9.55 Å². The topological polar surface area (TPSA) is 41.6 Å². The van der Waals surface area contributed by atoms with E-state index in [4.69, 9.17) is 5.26 Å². The molecule has 0 bridgehead atoms. The van der Waals surface area contributed by atoms with Crippen molar-refractivity contribution in [2.24, 2.45) is 7.05 Å². The van der Waals surface area contributed by atoms with E-state index in [1.165, 1.54) is 0 Å². The van der Waals surface area contributed by atoms with Crippen LogP contribution in [-0.4, -0.2) is 9.55 Å². The minimum atomic E-state index is 0.435. The third kappa shape index (κ3) is 1.50. The molecule has 0 N–H and O–H groups in total. The summed E-state index contributed by atoms with van der Waals surface area (Å²) in [6, 6.07) is 8.01. The molecule has 1 heterocycles. The smallest absolute Gasteiger partial charge is 0.132 e. The first kappa shape index (κ1) is 9.47. The standard InChI is InChI=1S/C12H11N3/c1-3-12-14-10-5-4-9(6-7-13)8-11(10)15(12)2/h3-5,8H,1,6H2,2H3. The molecule has 2 rings (SSSR count). The molecule has 0 aliphatic rings. The van der Waals surface area contributed by atoms with Gasteiger partial charge >= 0.3 is 0 Å². The third-order valence-corrected chi connectivity index (χ3v) is 2.45. The lowest BCUT2D eigenvalue weighted by atomic mass is 10.1. The predicted molar refractivity (Wildman–Crippen MR) is 60.1 cm³/mol. The van der Waals surface area contributed by atoms with Gasteiger partial charge in [0.1, 0.15) is 5.82 Å². The fourth-order valence-electron chi connectivity index (χ4n) is 1.64. The molecule has 3 nitrogen and oxygen atoms in total. The average Bonchev–Trinajstić information content (AvgIpc) is 2.56. The Balaban J connectivity index is 2.65. The van der Waals surface area contributed by atoms with E-state index in [2.05, 4.69) is 17.6 Å². The highest BCUT2D eigenvalue weighted by Gasteiger charge is 2.05. The Kier molecular flexibility index (Phi) is 2.26. The van der Waals surface area contributed by atoms with Crippen LogP contribution in [0.15, 0.2) is 24.8 Å². The minimum absolute atomic E-state index is 0.435. The van der Waals surface area contributed by atoms with Crippen molar-refractivity contribution in [3.63, 3.8) is 0 Å². The zero-order valence-electron chi connectivity index (χ0n) is 8.57. The number of aromatic nitrogens is 2. The first-order valence-electron chi connectivity index (χ1n) is 4.71. The summed E-state index contributed by atoms with van der Waals surface area (Å²) in [4.78, 5) is 4.39. The summed E-state index contributed by atoms with van der Waals surface area (Å²) in [5.41, 5.74) is 3.00. The van der Waals surface area contributed by atoms with E-state index < -0.39 is 0 Å². The molecule has 0 fully saturated rings. The van der Waals surface area contributed by atoms with Gasteiger partial charge in [0.05, 0.1) is 23.5 Å². The summed E-state index contributed by atoms with van der Waals surface area (Å²) >= 11 is 0. The monoisotopic (exact) mass is 197 g/mol. The van der Waals surface area contributed by atoms with Crippen molar-refractivity contribution in [2.45, 2.75) is 6.42 Å². The summed E-state index contributed by atoms with van der Waals surface area (Å²) in [5.74, 6) is 0.846. The van der Waals surface area contributed by atoms with E-state index in [1.54, 1.807) is 6.08 Å². The molecular formula is C12H11N3. The normalized spacial score (nSPS) is 10.1. The fourth-order valence-corrected chi connectivity index (χ4v) is 1.64. The Morgan fingerprint density at radius 3 is 3.07 bits per heavy atom. The van der Waals surface area contributed by atoms with Gasteiger partial charge in [0.15, 0.2) is 0 Å². The largest absolute Gasteiger partial charge is 0.328 e. The number of hydrogen-bond donors (Lipinski definition) is 0. The second-order valence-electron chi connectivity index (χ2n) is 3.39. The number of rotatable bonds is 2. The molecule has 3 heteroatoms. The minimum Gasteiger partial charge on any atom is -0.328 e. The van der Waals surface area contributed by atoms with Crippen molar-refractivity contribution in [3.05, 3.63) is 36.2 Å². The van der Waals surface area contributed by atoms with Gasteiger partial charge in [-0.15, -0.1) is 0 Å². The number of benzene rings is 1. The lowest BCUT2D eigenvalue weighted by molar-refractivity contribution is 0.929. The second kappa shape index (κ2) is 3.58. The molecule has 0 spiro atoms. The van der Waals surface area contributed by atoms with Crippen LogP contribution in [0.1, 0.15) is 11.4 Å². The molecule has 2 aromatic rings. The highest BCUT2D eigenvalue weighted by Crippen LogP contribution is 2.17. The predicted octanol–water partition coefficient (Wildman–Crippen LogP) is 2.28. The summed E-state index contributed by atoms with van der Waals surface area (Å²) in [6.45, 7) is 3.71. The molecule has 1 aromatic heterocycles. The maximum absolute atomic E-state index is 8.62. The van der Waals surface area contributed by atoms with Gasteiger partial charge in [-0.25, -0.2) is 4.98 Å². The molecule has 0 atom stereocenters. The molecular weight excluding hydrogens is 186 g/mol. The number of nitrogens with zero attached hydrogens (tertiary/aromatic N) is 3. The number of hydrogen-bond acceptors (Lipinski definition) is 2. The van der Waals surface area contributed by atoms with E-state index in [0.717, 1.165) is 22.4 Å². The summed E-state index contributed by atoms with van der Waals surface area (Å²) in [5, 5.41) is 8.62. The summed E-state index contributed by atoms with van der Waals surface area (Å²) in [6.07, 6.45) is 2.16. The highest BCUT2D eigenvalue weighted by atomic mass is 15.0. The Morgan fingerprint density at radius 2 is 2.40 bits per heavy atom. The molecule has 0 amide bonds. The van der Waals surface area contributed by atoms with Crippen molar-refractivity contribution in [3.8, 4) is 6.07 Å². The maximum atomic E-state index is 8.62. The molecule has 0 saturated heterocycles. The van der Waals surface area contributed by atoms with Gasteiger partial charge in [-0.3, -0.25) is 0 Å². The lowest BCUT2D eigenvalue weighted by Gasteiger charge is -1.98. The number of nitriles is 1. The van der Waals surface area contributed by atoms with Crippen LogP contribution in [0, 0.1) is 11.3 Å². The molecule has 1 aromatic carbocycles. The summed E-state index contributed by atoms with van der Waals surface area (Å²) < 4.78 is 1.98. The SMILES string of the molecule is C=Cc1nc2ccc(CC#N)cc2n1C. The lowest BCUT2D eigenvalue weighted by Crippen LogP contribution is -1.91. The third-order valence-electron chi connectivity index (χ3n) is 2.45. The van der Waals surface area contributed by atoms with Crippen LogP contribution >= 0.6 is 0 Å². The Labute approximate surface area is 88.3 Å². The van der Waals surface area contributed by atoms with E-state index in [9.17, 15) is 0 Å². The number of fused-ring (bicyclic) bond motifs is 1. The molecule has 74 valence electrons. The van der Waals surface area contributed by atoms with E-state index in [1.807, 2.05) is 29.8 Å². The molecule has 0 unspecified atom stereocenters. The molecule has 15 heavy (non-hydrogen) atoms. The van der Waals surface area contributed by atoms with Crippen LogP contribution in [-0.2, 0) is 13.5 Å². The first-order chi connectivity index (χ1) is 7.26. The van der Waals surface area contributed by atoms with Crippen molar-refractivity contribution in [1.29, 1.82) is 5.26 Å². The van der Waals surface area contributed by atoms with Gasteiger partial charge in [0, 0.05) is 7.05 Å². The zero-order valence-corrected chi connectivity index (χ0v) is 8.57. The zero-order chi connectivity index (χ0) is 10.8. The van der Waals surface area contributed by atoms with Gasteiger partial charge in [0.25, 0.3) is 0 Å². The molecule has 0 aliphatic heterocycles. The van der Waals surface area contributed by atoms with Gasteiger partial charge in [0.2, 0.25) is 0 Å². The quantitative estimate of drug-likeness (QED) is 0.741. The van der Waals surface area contributed by atoms with Crippen LogP contribution in [0.3, 0.4) is 0 Å². The second-order valence-corrected chi connectivity index (χ2v) is 3.39. The number of aryl methyl sites for hydroxylation is 1. The van der Waals surface area contributed by atoms with Crippen LogP contribution in [0.5, 0.6) is 0 Å². The van der Waals surface area contributed by atoms with Gasteiger partial charge < -0.3 is 4.57 Å². The van der Waals surface area contributed by atoms with Crippen molar-refractivity contribution < 1.29 is 0 Å². The summed E-state index contributed by atoms with van der Waals surface area (Å²) in [7, 11) is 1.95. The molecule has 0 aliphatic carbocycles. The Bertz CT molecular complexity index is 558. The molecule has 0 saturated carbocycles. The number of imidazole rings is 1. The first-order valence-corrected chi connectivity index (χ1v) is 4.71. The van der Waals surface area contributed by atoms with E-state index >= 15 is 0 Å². The van der Waals surface area contributed by atoms with Crippen molar-refractivity contribution >= 4 is 17.1 Å². The molecule has 0 radical (unpaired) electrons. The Hall–Kier alpha value is -2.08. The van der Waals surface area contributed by atoms with Crippen LogP contribution in [0.25, 0.3) is 17.1 Å². The fraction of sp³-hybridized carbons (Fsp3) is 0.167. The average molecular weight is 197 g/mol. The van der Waals surface area contributed by atoms with Gasteiger partial charge in [-0.1, -0.05) is 12.6 Å². The van der Waals surface area contributed by atoms with Gasteiger partial charge in [-0.05, 0) is 23.8 Å². The maximum Gasteiger partial charge on any atom is 0.132 e. The Morgan fingerprint density at radius 1 is 1.60 bits per heavy atom. The van der Waals surface area contributed by atoms with Crippen LogP contribution < -0.4 is 0 Å². The highest BCUT2D eigenvalue weighted by molar-refractivity contribution is 5.78. The van der Waals surface area contributed by atoms with Crippen LogP contribution in [0.4, 0.5) is 0 Å². The van der Waals surface area contributed by atoms with Crippen LogP contribution in [0.2, 0.25) is 0 Å². The van der Waals surface area contributed by atoms with Crippen molar-refractivity contribution in [2.75, 3.05) is 0 Å². The van der Waals surface area contributed by atoms with E-state index in [0.29, 0.717) is 6.42 Å².